The lowest BCUT2D eigenvalue weighted by Gasteiger charge is -2.43. The Labute approximate surface area is 87.0 Å². The van der Waals surface area contributed by atoms with E-state index in [0.29, 0.717) is 0 Å². The van der Waals surface area contributed by atoms with E-state index in [-0.39, 0.29) is 17.3 Å². The maximum absolute atomic E-state index is 12.0. The minimum absolute atomic E-state index is 0.0638. The zero-order valence-corrected chi connectivity index (χ0v) is 10.0. The normalized spacial score (nSPS) is 31.9. The van der Waals surface area contributed by atoms with Gasteiger partial charge in [-0.2, -0.15) is 0 Å². The number of ether oxygens (including phenoxy) is 1. The number of rotatable bonds is 2. The molecule has 1 unspecified atom stereocenters. The Morgan fingerprint density at radius 2 is 1.79 bits per heavy atom. The first kappa shape index (κ1) is 11.7. The molecule has 0 saturated carbocycles. The topological polar surface area (TPSA) is 26.3 Å². The van der Waals surface area contributed by atoms with Gasteiger partial charge < -0.3 is 4.74 Å². The molecule has 1 fully saturated rings. The van der Waals surface area contributed by atoms with E-state index in [2.05, 4.69) is 13.8 Å². The van der Waals surface area contributed by atoms with E-state index in [1.165, 1.54) is 0 Å². The van der Waals surface area contributed by atoms with Gasteiger partial charge in [0.15, 0.2) is 5.78 Å². The van der Waals surface area contributed by atoms with Crippen LogP contribution in [0.2, 0.25) is 0 Å². The quantitative estimate of drug-likeness (QED) is 0.682. The molecule has 1 saturated heterocycles. The Bertz CT molecular complexity index is 230. The highest BCUT2D eigenvalue weighted by Crippen LogP contribution is 2.36. The van der Waals surface area contributed by atoms with Crippen molar-refractivity contribution in [1.29, 1.82) is 0 Å². The van der Waals surface area contributed by atoms with Gasteiger partial charge in [-0.15, -0.1) is 0 Å². The molecule has 1 aliphatic rings. The molecule has 0 radical (unpaired) electrons. The summed E-state index contributed by atoms with van der Waals surface area (Å²) >= 11 is 0. The lowest BCUT2D eigenvalue weighted by Crippen LogP contribution is -2.50. The van der Waals surface area contributed by atoms with Gasteiger partial charge in [-0.25, -0.2) is 0 Å². The molecule has 14 heavy (non-hydrogen) atoms. The first-order valence-electron chi connectivity index (χ1n) is 5.51. The largest absolute Gasteiger partial charge is 0.362 e. The molecule has 0 aromatic rings. The molecule has 0 spiro atoms. The van der Waals surface area contributed by atoms with Crippen molar-refractivity contribution in [2.45, 2.75) is 65.1 Å². The maximum Gasteiger partial charge on any atom is 0.166 e. The van der Waals surface area contributed by atoms with E-state index in [0.717, 1.165) is 19.3 Å². The van der Waals surface area contributed by atoms with E-state index >= 15 is 0 Å². The molecular formula is C12H22O2. The van der Waals surface area contributed by atoms with Gasteiger partial charge >= 0.3 is 0 Å². The van der Waals surface area contributed by atoms with Crippen LogP contribution in [0.4, 0.5) is 0 Å². The van der Waals surface area contributed by atoms with Crippen LogP contribution in [0.1, 0.15) is 53.9 Å². The van der Waals surface area contributed by atoms with Crippen molar-refractivity contribution in [1.82, 2.24) is 0 Å². The van der Waals surface area contributed by atoms with Crippen LogP contribution in [-0.2, 0) is 9.53 Å². The van der Waals surface area contributed by atoms with Crippen LogP contribution >= 0.6 is 0 Å². The highest BCUT2D eigenvalue weighted by Gasteiger charge is 2.43. The van der Waals surface area contributed by atoms with Crippen molar-refractivity contribution >= 4 is 5.78 Å². The fraction of sp³-hybridized carbons (Fsp3) is 0.917. The average molecular weight is 198 g/mol. The van der Waals surface area contributed by atoms with Crippen LogP contribution in [-0.4, -0.2) is 17.0 Å². The van der Waals surface area contributed by atoms with Crippen LogP contribution in [0.25, 0.3) is 0 Å². The van der Waals surface area contributed by atoms with Gasteiger partial charge in [0.25, 0.3) is 0 Å². The number of hydrogen-bond acceptors (Lipinski definition) is 2. The number of carbonyl (C=O) groups is 1. The number of ketones is 1. The van der Waals surface area contributed by atoms with Crippen LogP contribution in [0.15, 0.2) is 0 Å². The zero-order valence-electron chi connectivity index (χ0n) is 10.0. The third-order valence-corrected chi connectivity index (χ3v) is 2.98. The zero-order chi connectivity index (χ0) is 11.0. The smallest absolute Gasteiger partial charge is 0.166 e. The summed E-state index contributed by atoms with van der Waals surface area (Å²) in [6.07, 6.45) is 3.00. The standard InChI is InChI=1S/C12H22O2/c1-9(2)10(13)12(5)8-6-7-11(3,4)14-12/h9H,6-8H2,1-5H3. The van der Waals surface area contributed by atoms with Crippen LogP contribution in [0.3, 0.4) is 0 Å². The van der Waals surface area contributed by atoms with Gasteiger partial charge in [0.2, 0.25) is 0 Å². The molecule has 82 valence electrons. The monoisotopic (exact) mass is 198 g/mol. The van der Waals surface area contributed by atoms with E-state index < -0.39 is 5.60 Å². The Morgan fingerprint density at radius 3 is 2.21 bits per heavy atom. The van der Waals surface area contributed by atoms with Crippen LogP contribution in [0, 0.1) is 5.92 Å². The Balaban J connectivity index is 2.79. The second-order valence-corrected chi connectivity index (χ2v) is 5.47. The molecule has 0 bridgehead atoms. The Kier molecular flexibility index (Phi) is 3.05. The molecule has 1 aliphatic heterocycles. The van der Waals surface area contributed by atoms with Crippen molar-refractivity contribution in [3.63, 3.8) is 0 Å². The fourth-order valence-corrected chi connectivity index (χ4v) is 2.35. The molecule has 2 heteroatoms. The van der Waals surface area contributed by atoms with Crippen molar-refractivity contribution in [3.05, 3.63) is 0 Å². The Morgan fingerprint density at radius 1 is 1.21 bits per heavy atom. The minimum atomic E-state index is -0.546. The minimum Gasteiger partial charge on any atom is -0.362 e. The van der Waals surface area contributed by atoms with E-state index in [9.17, 15) is 4.79 Å². The summed E-state index contributed by atoms with van der Waals surface area (Å²) < 4.78 is 5.93. The maximum atomic E-state index is 12.0. The summed E-state index contributed by atoms with van der Waals surface area (Å²) in [4.78, 5) is 12.0. The second-order valence-electron chi connectivity index (χ2n) is 5.47. The van der Waals surface area contributed by atoms with Crippen molar-refractivity contribution in [2.24, 2.45) is 5.92 Å². The Hall–Kier alpha value is -0.370. The highest BCUT2D eigenvalue weighted by molar-refractivity contribution is 5.88. The first-order chi connectivity index (χ1) is 6.27. The summed E-state index contributed by atoms with van der Waals surface area (Å²) in [6, 6.07) is 0. The molecule has 0 aliphatic carbocycles. The molecule has 0 aromatic carbocycles. The summed E-state index contributed by atoms with van der Waals surface area (Å²) in [5, 5.41) is 0. The van der Waals surface area contributed by atoms with Crippen molar-refractivity contribution < 1.29 is 9.53 Å². The average Bonchev–Trinajstić information content (AvgIpc) is 2.00. The van der Waals surface area contributed by atoms with E-state index in [1.807, 2.05) is 20.8 Å². The lowest BCUT2D eigenvalue weighted by atomic mass is 9.82. The third-order valence-electron chi connectivity index (χ3n) is 2.98. The van der Waals surface area contributed by atoms with Gasteiger partial charge in [-0.1, -0.05) is 13.8 Å². The SMILES string of the molecule is CC(C)C(=O)C1(C)CCCC(C)(C)O1. The molecule has 0 N–H and O–H groups in total. The van der Waals surface area contributed by atoms with Gasteiger partial charge in [0.05, 0.1) is 5.60 Å². The molecule has 0 amide bonds. The first-order valence-corrected chi connectivity index (χ1v) is 5.51. The summed E-state index contributed by atoms with van der Waals surface area (Å²) in [6.45, 7) is 9.96. The molecule has 0 aromatic heterocycles. The molecule has 1 atom stereocenters. The number of carbonyl (C=O) groups excluding carboxylic acids is 1. The highest BCUT2D eigenvalue weighted by atomic mass is 16.5. The van der Waals surface area contributed by atoms with E-state index in [1.54, 1.807) is 0 Å². The van der Waals surface area contributed by atoms with E-state index in [4.69, 9.17) is 4.74 Å². The van der Waals surface area contributed by atoms with Crippen molar-refractivity contribution in [2.75, 3.05) is 0 Å². The van der Waals surface area contributed by atoms with Gasteiger partial charge in [0, 0.05) is 5.92 Å². The fourth-order valence-electron chi connectivity index (χ4n) is 2.35. The predicted molar refractivity (Wildman–Crippen MR) is 57.3 cm³/mol. The summed E-state index contributed by atoms with van der Waals surface area (Å²) in [5.74, 6) is 0.305. The van der Waals surface area contributed by atoms with Gasteiger partial charge in [-0.05, 0) is 40.0 Å². The van der Waals surface area contributed by atoms with Crippen LogP contribution in [0.5, 0.6) is 0 Å². The summed E-state index contributed by atoms with van der Waals surface area (Å²) in [7, 11) is 0. The van der Waals surface area contributed by atoms with Gasteiger partial charge in [0.1, 0.15) is 5.60 Å². The van der Waals surface area contributed by atoms with Crippen LogP contribution < -0.4 is 0 Å². The lowest BCUT2D eigenvalue weighted by molar-refractivity contribution is -0.183. The molecule has 1 rings (SSSR count). The van der Waals surface area contributed by atoms with Gasteiger partial charge in [-0.3, -0.25) is 4.79 Å². The summed E-state index contributed by atoms with van der Waals surface area (Å²) in [5.41, 5.74) is -0.687. The second kappa shape index (κ2) is 3.65. The number of hydrogen-bond donors (Lipinski definition) is 0. The molecule has 1 heterocycles. The number of Topliss-reactive ketones (excluding diaryl/α,β-unsaturated/α-hetero) is 1. The third kappa shape index (κ3) is 2.35. The molecule has 2 nitrogen and oxygen atoms in total. The molecular weight excluding hydrogens is 176 g/mol. The predicted octanol–water partition coefficient (Wildman–Crippen LogP) is 2.95. The van der Waals surface area contributed by atoms with Crippen molar-refractivity contribution in [3.8, 4) is 0 Å².